The molecule has 12 heavy (non-hydrogen) atoms. The van der Waals surface area contributed by atoms with Crippen LogP contribution in [0.2, 0.25) is 0 Å². The number of thioether (sulfide) groups is 1. The quantitative estimate of drug-likeness (QED) is 0.553. The molecule has 0 aromatic carbocycles. The Kier molecular flexibility index (Phi) is 3.58. The first kappa shape index (κ1) is 10.1. The minimum atomic E-state index is 0.00116. The molecule has 1 aliphatic rings. The average molecular weight is 187 g/mol. The van der Waals surface area contributed by atoms with E-state index in [0.29, 0.717) is 5.25 Å². The van der Waals surface area contributed by atoms with Crippen molar-refractivity contribution in [2.45, 2.75) is 30.8 Å². The molecule has 0 aliphatic carbocycles. The van der Waals surface area contributed by atoms with Gasteiger partial charge in [0.05, 0.1) is 6.17 Å². The Morgan fingerprint density at radius 3 is 2.75 bits per heavy atom. The van der Waals surface area contributed by atoms with E-state index in [1.165, 1.54) is 5.57 Å². The molecule has 0 bridgehead atoms. The first-order valence-electron chi connectivity index (χ1n) is 4.18. The van der Waals surface area contributed by atoms with Gasteiger partial charge in [-0.3, -0.25) is 0 Å². The third-order valence-corrected chi connectivity index (χ3v) is 3.51. The number of hydrogen-bond donors (Lipinski definition) is 3. The Morgan fingerprint density at radius 2 is 2.33 bits per heavy atom. The number of nitrogens with two attached hydrogens (primary N) is 2. The summed E-state index contributed by atoms with van der Waals surface area (Å²) in [5, 5.41) is 5.67. The van der Waals surface area contributed by atoms with Gasteiger partial charge < -0.3 is 16.8 Å². The topological polar surface area (TPSA) is 64.1 Å². The van der Waals surface area contributed by atoms with Crippen molar-refractivity contribution in [1.82, 2.24) is 5.32 Å². The maximum absolute atomic E-state index is 5.81. The van der Waals surface area contributed by atoms with Crippen LogP contribution in [0.15, 0.2) is 11.0 Å². The maximum atomic E-state index is 5.81. The van der Waals surface area contributed by atoms with E-state index in [1.807, 2.05) is 14.0 Å². The molecule has 0 saturated carbocycles. The smallest absolute Gasteiger partial charge is 0.0774 e. The summed E-state index contributed by atoms with van der Waals surface area (Å²) >= 11 is 1.80. The SMILES string of the molecule is CNC(N)C1=CSC([C@@H](C)N)C1. The van der Waals surface area contributed by atoms with E-state index in [-0.39, 0.29) is 12.2 Å². The van der Waals surface area contributed by atoms with Crippen molar-refractivity contribution in [3.63, 3.8) is 0 Å². The highest BCUT2D eigenvalue weighted by atomic mass is 32.2. The van der Waals surface area contributed by atoms with Crippen molar-refractivity contribution in [3.8, 4) is 0 Å². The second kappa shape index (κ2) is 4.28. The highest BCUT2D eigenvalue weighted by molar-refractivity contribution is 8.03. The molecule has 0 saturated heterocycles. The van der Waals surface area contributed by atoms with Crippen LogP contribution in [0.3, 0.4) is 0 Å². The predicted octanol–water partition coefficient (Wildman–Crippen LogP) is 0.227. The van der Waals surface area contributed by atoms with Gasteiger partial charge in [0.2, 0.25) is 0 Å². The van der Waals surface area contributed by atoms with Crippen LogP contribution in [-0.2, 0) is 0 Å². The largest absolute Gasteiger partial charge is 0.327 e. The third-order valence-electron chi connectivity index (χ3n) is 2.13. The van der Waals surface area contributed by atoms with E-state index in [1.54, 1.807) is 11.8 Å². The molecule has 0 amide bonds. The van der Waals surface area contributed by atoms with Gasteiger partial charge in [0.1, 0.15) is 0 Å². The van der Waals surface area contributed by atoms with Crippen molar-refractivity contribution in [1.29, 1.82) is 0 Å². The van der Waals surface area contributed by atoms with Crippen LogP contribution in [0.4, 0.5) is 0 Å². The Labute approximate surface area is 78.0 Å². The summed E-state index contributed by atoms with van der Waals surface area (Å²) in [6.45, 7) is 2.04. The van der Waals surface area contributed by atoms with Crippen molar-refractivity contribution in [2.75, 3.05) is 7.05 Å². The molecule has 0 spiro atoms. The van der Waals surface area contributed by atoms with Crippen LogP contribution < -0.4 is 16.8 Å². The van der Waals surface area contributed by atoms with Gasteiger partial charge in [0, 0.05) is 11.3 Å². The standard InChI is InChI=1S/C8H17N3S/c1-5(9)7-3-6(4-12-7)8(10)11-2/h4-5,7-8,11H,3,9-10H2,1-2H3/t5-,7?,8?/m1/s1. The molecule has 3 atom stereocenters. The lowest BCUT2D eigenvalue weighted by Crippen LogP contribution is -2.37. The molecule has 1 aliphatic heterocycles. The molecule has 3 nitrogen and oxygen atoms in total. The minimum Gasteiger partial charge on any atom is -0.327 e. The van der Waals surface area contributed by atoms with Crippen LogP contribution in [-0.4, -0.2) is 24.5 Å². The van der Waals surface area contributed by atoms with E-state index in [0.717, 1.165) is 6.42 Å². The first-order valence-corrected chi connectivity index (χ1v) is 5.12. The van der Waals surface area contributed by atoms with Crippen LogP contribution in [0.1, 0.15) is 13.3 Å². The Balaban J connectivity index is 2.43. The lowest BCUT2D eigenvalue weighted by molar-refractivity contribution is 0.609. The van der Waals surface area contributed by atoms with Gasteiger partial charge in [0.25, 0.3) is 0 Å². The zero-order valence-corrected chi connectivity index (χ0v) is 8.40. The van der Waals surface area contributed by atoms with Crippen molar-refractivity contribution < 1.29 is 0 Å². The highest BCUT2D eigenvalue weighted by Crippen LogP contribution is 2.32. The summed E-state index contributed by atoms with van der Waals surface area (Å²) in [7, 11) is 1.87. The molecule has 4 heteroatoms. The molecular weight excluding hydrogens is 170 g/mol. The molecule has 1 heterocycles. The average Bonchev–Trinajstić information content (AvgIpc) is 2.51. The molecule has 2 unspecified atom stereocenters. The molecule has 5 N–H and O–H groups in total. The summed E-state index contributed by atoms with van der Waals surface area (Å²) in [6, 6.07) is 0.243. The monoisotopic (exact) mass is 187 g/mol. The summed E-state index contributed by atoms with van der Waals surface area (Å²) in [6.07, 6.45) is 1.02. The van der Waals surface area contributed by atoms with Gasteiger partial charge in [-0.05, 0) is 31.4 Å². The zero-order valence-electron chi connectivity index (χ0n) is 7.58. The van der Waals surface area contributed by atoms with E-state index >= 15 is 0 Å². The van der Waals surface area contributed by atoms with Gasteiger partial charge in [0.15, 0.2) is 0 Å². The molecule has 0 aromatic rings. The number of rotatable bonds is 3. The molecule has 0 radical (unpaired) electrons. The van der Waals surface area contributed by atoms with Crippen molar-refractivity contribution in [3.05, 3.63) is 11.0 Å². The summed E-state index contributed by atoms with van der Waals surface area (Å²) in [5.41, 5.74) is 12.9. The first-order chi connectivity index (χ1) is 5.65. The number of likely N-dealkylation sites (N-methyl/N-ethyl adjacent to an activating group) is 1. The molecule has 0 fully saturated rings. The fourth-order valence-corrected chi connectivity index (χ4v) is 2.33. The van der Waals surface area contributed by atoms with Crippen LogP contribution in [0, 0.1) is 0 Å². The van der Waals surface area contributed by atoms with Crippen molar-refractivity contribution >= 4 is 11.8 Å². The Hall–Kier alpha value is -0.0300. The summed E-state index contributed by atoms with van der Waals surface area (Å²) in [4.78, 5) is 0. The Bertz CT molecular complexity index is 179. The lowest BCUT2D eigenvalue weighted by atomic mass is 10.1. The lowest BCUT2D eigenvalue weighted by Gasteiger charge is -2.15. The Morgan fingerprint density at radius 1 is 1.67 bits per heavy atom. The summed E-state index contributed by atoms with van der Waals surface area (Å²) in [5.74, 6) is 0. The van der Waals surface area contributed by atoms with Gasteiger partial charge in [-0.15, -0.1) is 11.8 Å². The summed E-state index contributed by atoms with van der Waals surface area (Å²) < 4.78 is 0. The van der Waals surface area contributed by atoms with Crippen LogP contribution >= 0.6 is 11.8 Å². The number of hydrogen-bond acceptors (Lipinski definition) is 4. The second-order valence-electron chi connectivity index (χ2n) is 3.20. The molecule has 70 valence electrons. The van der Waals surface area contributed by atoms with E-state index in [2.05, 4.69) is 10.7 Å². The zero-order chi connectivity index (χ0) is 9.14. The molecular formula is C8H17N3S. The maximum Gasteiger partial charge on any atom is 0.0774 e. The minimum absolute atomic E-state index is 0.00116. The molecule has 1 rings (SSSR count). The third kappa shape index (κ3) is 2.23. The number of nitrogens with one attached hydrogen (secondary N) is 1. The van der Waals surface area contributed by atoms with Gasteiger partial charge >= 0.3 is 0 Å². The van der Waals surface area contributed by atoms with Crippen LogP contribution in [0.5, 0.6) is 0 Å². The van der Waals surface area contributed by atoms with Crippen molar-refractivity contribution in [2.24, 2.45) is 11.5 Å². The van der Waals surface area contributed by atoms with E-state index in [9.17, 15) is 0 Å². The highest BCUT2D eigenvalue weighted by Gasteiger charge is 2.23. The fraction of sp³-hybridized carbons (Fsp3) is 0.750. The van der Waals surface area contributed by atoms with Crippen LogP contribution in [0.25, 0.3) is 0 Å². The normalized spacial score (nSPS) is 28.3. The molecule has 0 aromatic heterocycles. The van der Waals surface area contributed by atoms with Gasteiger partial charge in [-0.1, -0.05) is 0 Å². The fourth-order valence-electron chi connectivity index (χ4n) is 1.20. The van der Waals surface area contributed by atoms with E-state index < -0.39 is 0 Å². The van der Waals surface area contributed by atoms with Gasteiger partial charge in [-0.25, -0.2) is 0 Å². The van der Waals surface area contributed by atoms with E-state index in [4.69, 9.17) is 11.5 Å². The second-order valence-corrected chi connectivity index (χ2v) is 4.31. The predicted molar refractivity (Wildman–Crippen MR) is 54.8 cm³/mol. The van der Waals surface area contributed by atoms with Gasteiger partial charge in [-0.2, -0.15) is 0 Å².